The average Bonchev–Trinajstić information content (AvgIpc) is 2.27. The van der Waals surface area contributed by atoms with E-state index in [9.17, 15) is 4.79 Å². The van der Waals surface area contributed by atoms with Crippen LogP contribution in [0.5, 0.6) is 0 Å². The maximum atomic E-state index is 11.7. The van der Waals surface area contributed by atoms with Crippen LogP contribution in [0.15, 0.2) is 17.1 Å². The lowest BCUT2D eigenvalue weighted by Crippen LogP contribution is -2.50. The van der Waals surface area contributed by atoms with Crippen LogP contribution in [-0.4, -0.2) is 35.6 Å². The molecule has 0 saturated carbocycles. The number of aryl methyl sites for hydroxylation is 1. The Bertz CT molecular complexity index is 426. The fourth-order valence-electron chi connectivity index (χ4n) is 1.64. The number of aromatic nitrogens is 2. The summed E-state index contributed by atoms with van der Waals surface area (Å²) >= 11 is 0. The Morgan fingerprint density at radius 3 is 2.71 bits per heavy atom. The van der Waals surface area contributed by atoms with Crippen LogP contribution in [-0.2, 0) is 11.3 Å². The van der Waals surface area contributed by atoms with Crippen LogP contribution in [0.1, 0.15) is 19.4 Å². The zero-order valence-electron chi connectivity index (χ0n) is 11.2. The van der Waals surface area contributed by atoms with Gasteiger partial charge in [0.15, 0.2) is 0 Å². The van der Waals surface area contributed by atoms with E-state index in [0.29, 0.717) is 6.54 Å². The average molecular weight is 239 g/mol. The predicted octanol–water partition coefficient (Wildman–Crippen LogP) is 0.565. The Labute approximate surface area is 102 Å². The summed E-state index contributed by atoms with van der Waals surface area (Å²) < 4.78 is 6.87. The first-order valence-corrected chi connectivity index (χ1v) is 5.67. The number of methoxy groups -OCH3 is 1. The summed E-state index contributed by atoms with van der Waals surface area (Å²) in [6, 6.07) is 1.60. The van der Waals surface area contributed by atoms with Gasteiger partial charge in [0, 0.05) is 13.2 Å². The van der Waals surface area contributed by atoms with E-state index in [4.69, 9.17) is 4.74 Å². The fourth-order valence-corrected chi connectivity index (χ4v) is 1.64. The summed E-state index contributed by atoms with van der Waals surface area (Å²) in [5, 5.41) is 7.28. The van der Waals surface area contributed by atoms with Gasteiger partial charge in [-0.1, -0.05) is 0 Å². The Morgan fingerprint density at radius 1 is 1.59 bits per heavy atom. The number of rotatable bonds is 5. The van der Waals surface area contributed by atoms with Crippen LogP contribution in [0.2, 0.25) is 0 Å². The van der Waals surface area contributed by atoms with E-state index in [1.165, 1.54) is 4.68 Å². The number of nitrogens with zero attached hydrogens (tertiary/aromatic N) is 2. The normalized spacial score (nSPS) is 13.7. The third kappa shape index (κ3) is 3.38. The highest BCUT2D eigenvalue weighted by Crippen LogP contribution is 2.14. The first-order chi connectivity index (χ1) is 7.90. The van der Waals surface area contributed by atoms with Gasteiger partial charge in [-0.3, -0.25) is 4.79 Å². The molecule has 0 fully saturated rings. The molecule has 0 amide bonds. The lowest BCUT2D eigenvalue weighted by atomic mass is 9.99. The second-order valence-corrected chi connectivity index (χ2v) is 4.70. The molecule has 0 aliphatic carbocycles. The third-order valence-corrected chi connectivity index (χ3v) is 3.08. The quantitative estimate of drug-likeness (QED) is 0.816. The minimum Gasteiger partial charge on any atom is -0.377 e. The molecule has 1 rings (SSSR count). The van der Waals surface area contributed by atoms with Crippen molar-refractivity contribution in [1.29, 1.82) is 0 Å². The molecule has 0 radical (unpaired) electrons. The molecular weight excluding hydrogens is 218 g/mol. The van der Waals surface area contributed by atoms with Gasteiger partial charge in [0.25, 0.3) is 5.56 Å². The molecule has 17 heavy (non-hydrogen) atoms. The Kier molecular flexibility index (Phi) is 4.42. The molecule has 0 spiro atoms. The smallest absolute Gasteiger partial charge is 0.267 e. The van der Waals surface area contributed by atoms with E-state index in [0.717, 1.165) is 5.56 Å². The third-order valence-electron chi connectivity index (χ3n) is 3.08. The van der Waals surface area contributed by atoms with E-state index < -0.39 is 0 Å². The van der Waals surface area contributed by atoms with Crippen molar-refractivity contribution in [1.82, 2.24) is 15.1 Å². The summed E-state index contributed by atoms with van der Waals surface area (Å²) in [5.41, 5.74) is 0.427. The second kappa shape index (κ2) is 5.42. The van der Waals surface area contributed by atoms with Crippen molar-refractivity contribution in [2.24, 2.45) is 0 Å². The van der Waals surface area contributed by atoms with Gasteiger partial charge < -0.3 is 10.1 Å². The van der Waals surface area contributed by atoms with Gasteiger partial charge in [-0.05, 0) is 33.4 Å². The molecule has 0 aliphatic rings. The summed E-state index contributed by atoms with van der Waals surface area (Å²) in [7, 11) is 3.51. The van der Waals surface area contributed by atoms with Gasteiger partial charge in [0.05, 0.1) is 24.4 Å². The SMILES string of the molecule is CNC(Cn1ncc(C)cc1=O)C(C)(C)OC. The van der Waals surface area contributed by atoms with Crippen molar-refractivity contribution < 1.29 is 4.74 Å². The summed E-state index contributed by atoms with van der Waals surface area (Å²) in [5.74, 6) is 0. The van der Waals surface area contributed by atoms with Crippen molar-refractivity contribution in [3.8, 4) is 0 Å². The highest BCUT2D eigenvalue weighted by atomic mass is 16.5. The van der Waals surface area contributed by atoms with Crippen molar-refractivity contribution in [2.75, 3.05) is 14.2 Å². The fraction of sp³-hybridized carbons (Fsp3) is 0.667. The Balaban J connectivity index is 2.92. The molecule has 0 bridgehead atoms. The maximum absolute atomic E-state index is 11.7. The Hall–Kier alpha value is -1.20. The molecular formula is C12H21N3O2. The van der Waals surface area contributed by atoms with Gasteiger partial charge >= 0.3 is 0 Å². The minimum atomic E-state index is -0.360. The van der Waals surface area contributed by atoms with E-state index >= 15 is 0 Å². The molecule has 0 saturated heterocycles. The topological polar surface area (TPSA) is 56.2 Å². The molecule has 5 nitrogen and oxygen atoms in total. The molecule has 1 atom stereocenters. The van der Waals surface area contributed by atoms with Gasteiger partial charge in [0.1, 0.15) is 0 Å². The number of hydrogen-bond acceptors (Lipinski definition) is 4. The van der Waals surface area contributed by atoms with Crippen molar-refractivity contribution in [3.05, 3.63) is 28.2 Å². The first kappa shape index (κ1) is 13.9. The first-order valence-electron chi connectivity index (χ1n) is 5.67. The maximum Gasteiger partial charge on any atom is 0.267 e. The van der Waals surface area contributed by atoms with Gasteiger partial charge in [-0.15, -0.1) is 0 Å². The molecule has 1 heterocycles. The van der Waals surface area contributed by atoms with E-state index in [1.807, 2.05) is 27.8 Å². The molecule has 0 aromatic carbocycles. The summed E-state index contributed by atoms with van der Waals surface area (Å²) in [6.45, 7) is 6.30. The Morgan fingerprint density at radius 2 is 2.24 bits per heavy atom. The monoisotopic (exact) mass is 239 g/mol. The van der Waals surface area contributed by atoms with Crippen LogP contribution in [0, 0.1) is 6.92 Å². The van der Waals surface area contributed by atoms with Crippen LogP contribution >= 0.6 is 0 Å². The number of hydrogen-bond donors (Lipinski definition) is 1. The molecule has 1 N–H and O–H groups in total. The van der Waals surface area contributed by atoms with Crippen LogP contribution < -0.4 is 10.9 Å². The molecule has 0 aliphatic heterocycles. The van der Waals surface area contributed by atoms with Crippen molar-refractivity contribution in [3.63, 3.8) is 0 Å². The lowest BCUT2D eigenvalue weighted by molar-refractivity contribution is -0.0140. The van der Waals surface area contributed by atoms with Crippen molar-refractivity contribution in [2.45, 2.75) is 39.0 Å². The number of ether oxygens (including phenoxy) is 1. The minimum absolute atomic E-state index is 0.0143. The van der Waals surface area contributed by atoms with E-state index in [1.54, 1.807) is 19.4 Å². The van der Waals surface area contributed by atoms with Crippen LogP contribution in [0.4, 0.5) is 0 Å². The highest BCUT2D eigenvalue weighted by molar-refractivity contribution is 5.02. The van der Waals surface area contributed by atoms with Gasteiger partial charge in [-0.2, -0.15) is 5.10 Å². The second-order valence-electron chi connectivity index (χ2n) is 4.70. The molecule has 1 aromatic heterocycles. The molecule has 5 heteroatoms. The van der Waals surface area contributed by atoms with Crippen molar-refractivity contribution >= 4 is 0 Å². The van der Waals surface area contributed by atoms with Gasteiger partial charge in [0.2, 0.25) is 0 Å². The lowest BCUT2D eigenvalue weighted by Gasteiger charge is -2.32. The molecule has 1 unspecified atom stereocenters. The number of likely N-dealkylation sites (N-methyl/N-ethyl adjacent to an activating group) is 1. The van der Waals surface area contributed by atoms with Crippen LogP contribution in [0.3, 0.4) is 0 Å². The zero-order valence-corrected chi connectivity index (χ0v) is 11.2. The molecule has 1 aromatic rings. The predicted molar refractivity (Wildman–Crippen MR) is 67.2 cm³/mol. The number of nitrogens with one attached hydrogen (secondary N) is 1. The van der Waals surface area contributed by atoms with Gasteiger partial charge in [-0.25, -0.2) is 4.68 Å². The highest BCUT2D eigenvalue weighted by Gasteiger charge is 2.28. The zero-order chi connectivity index (χ0) is 13.1. The summed E-state index contributed by atoms with van der Waals surface area (Å²) in [4.78, 5) is 11.7. The molecule has 96 valence electrons. The van der Waals surface area contributed by atoms with Crippen LogP contribution in [0.25, 0.3) is 0 Å². The van der Waals surface area contributed by atoms with E-state index in [2.05, 4.69) is 10.4 Å². The van der Waals surface area contributed by atoms with E-state index in [-0.39, 0.29) is 17.2 Å². The summed E-state index contributed by atoms with van der Waals surface area (Å²) in [6.07, 6.45) is 1.69. The largest absolute Gasteiger partial charge is 0.377 e. The standard InChI is InChI=1S/C12H21N3O2/c1-9-6-11(16)15(14-7-9)8-10(13-4)12(2,3)17-5/h6-7,10,13H,8H2,1-5H3.